The molecule has 0 spiro atoms. The summed E-state index contributed by atoms with van der Waals surface area (Å²) in [6.45, 7) is 6.47. The standard InChI is InChI=1S/C14H20N4O/c1-10-11(2)16-17-14(13(10)8-15)18-6-4-12(5-7-18)9-19-3/h12H,4-7,9H2,1-3H3. The molecule has 0 atom stereocenters. The second-order valence-corrected chi connectivity index (χ2v) is 5.11. The molecule has 0 saturated carbocycles. The van der Waals surface area contributed by atoms with E-state index in [1.165, 1.54) is 0 Å². The summed E-state index contributed by atoms with van der Waals surface area (Å²) in [6.07, 6.45) is 2.15. The Hall–Kier alpha value is -1.67. The third kappa shape index (κ3) is 2.85. The number of nitrogens with zero attached hydrogens (tertiary/aromatic N) is 4. The summed E-state index contributed by atoms with van der Waals surface area (Å²) in [7, 11) is 1.75. The molecular weight excluding hydrogens is 240 g/mol. The number of aryl methyl sites for hydroxylation is 1. The molecule has 1 aliphatic heterocycles. The molecule has 1 aromatic heterocycles. The maximum Gasteiger partial charge on any atom is 0.169 e. The fourth-order valence-corrected chi connectivity index (χ4v) is 2.50. The van der Waals surface area contributed by atoms with Gasteiger partial charge in [-0.05, 0) is 38.2 Å². The van der Waals surface area contributed by atoms with Crippen molar-refractivity contribution in [1.29, 1.82) is 5.26 Å². The van der Waals surface area contributed by atoms with E-state index in [0.29, 0.717) is 11.5 Å². The van der Waals surface area contributed by atoms with E-state index in [1.54, 1.807) is 7.11 Å². The van der Waals surface area contributed by atoms with Gasteiger partial charge in [-0.2, -0.15) is 10.4 Å². The molecule has 0 radical (unpaired) electrons. The van der Waals surface area contributed by atoms with Crippen LogP contribution in [-0.4, -0.2) is 37.0 Å². The quantitative estimate of drug-likeness (QED) is 0.829. The fourth-order valence-electron chi connectivity index (χ4n) is 2.50. The average Bonchev–Trinajstić information content (AvgIpc) is 2.43. The number of methoxy groups -OCH3 is 1. The predicted octanol–water partition coefficient (Wildman–Crippen LogP) is 1.83. The van der Waals surface area contributed by atoms with E-state index in [4.69, 9.17) is 4.74 Å². The molecule has 19 heavy (non-hydrogen) atoms. The van der Waals surface area contributed by atoms with Crippen LogP contribution in [0.15, 0.2) is 0 Å². The summed E-state index contributed by atoms with van der Waals surface area (Å²) in [5.41, 5.74) is 2.43. The highest BCUT2D eigenvalue weighted by molar-refractivity contribution is 5.57. The monoisotopic (exact) mass is 260 g/mol. The van der Waals surface area contributed by atoms with Gasteiger partial charge in [0.05, 0.1) is 5.69 Å². The van der Waals surface area contributed by atoms with Crippen molar-refractivity contribution in [3.05, 3.63) is 16.8 Å². The summed E-state index contributed by atoms with van der Waals surface area (Å²) in [5.74, 6) is 1.35. The molecule has 0 N–H and O–H groups in total. The summed E-state index contributed by atoms with van der Waals surface area (Å²) in [4.78, 5) is 2.17. The Balaban J connectivity index is 2.16. The lowest BCUT2D eigenvalue weighted by atomic mass is 9.97. The number of nitriles is 1. The number of hydrogen-bond donors (Lipinski definition) is 0. The van der Waals surface area contributed by atoms with E-state index in [9.17, 15) is 5.26 Å². The predicted molar refractivity (Wildman–Crippen MR) is 73.0 cm³/mol. The fraction of sp³-hybridized carbons (Fsp3) is 0.643. The Kier molecular flexibility index (Phi) is 4.33. The molecule has 1 saturated heterocycles. The zero-order chi connectivity index (χ0) is 13.8. The van der Waals surface area contributed by atoms with Gasteiger partial charge in [-0.15, -0.1) is 5.10 Å². The van der Waals surface area contributed by atoms with Gasteiger partial charge in [0.15, 0.2) is 5.82 Å². The van der Waals surface area contributed by atoms with Gasteiger partial charge in [0.25, 0.3) is 0 Å². The molecular formula is C14H20N4O. The van der Waals surface area contributed by atoms with Gasteiger partial charge < -0.3 is 9.64 Å². The van der Waals surface area contributed by atoms with Crippen molar-refractivity contribution < 1.29 is 4.74 Å². The van der Waals surface area contributed by atoms with Gasteiger partial charge in [0.1, 0.15) is 11.6 Å². The van der Waals surface area contributed by atoms with Crippen molar-refractivity contribution >= 4 is 5.82 Å². The lowest BCUT2D eigenvalue weighted by Crippen LogP contribution is -2.36. The maximum absolute atomic E-state index is 9.33. The first-order valence-corrected chi connectivity index (χ1v) is 6.65. The zero-order valence-electron chi connectivity index (χ0n) is 11.8. The van der Waals surface area contributed by atoms with Crippen LogP contribution < -0.4 is 4.90 Å². The van der Waals surface area contributed by atoms with Crippen molar-refractivity contribution in [2.45, 2.75) is 26.7 Å². The first-order chi connectivity index (χ1) is 9.17. The Morgan fingerprint density at radius 1 is 1.32 bits per heavy atom. The first kappa shape index (κ1) is 13.8. The number of rotatable bonds is 3. The van der Waals surface area contributed by atoms with Crippen molar-refractivity contribution in [1.82, 2.24) is 10.2 Å². The minimum absolute atomic E-state index is 0.617. The minimum atomic E-state index is 0.617. The molecule has 1 aromatic rings. The molecule has 0 amide bonds. The Bertz CT molecular complexity index is 487. The van der Waals surface area contributed by atoms with Crippen LogP contribution in [0.3, 0.4) is 0 Å². The Labute approximate surface area is 114 Å². The van der Waals surface area contributed by atoms with E-state index in [0.717, 1.165) is 49.6 Å². The molecule has 5 heteroatoms. The number of piperidine rings is 1. The Morgan fingerprint density at radius 3 is 2.58 bits per heavy atom. The van der Waals surface area contributed by atoms with E-state index < -0.39 is 0 Å². The topological polar surface area (TPSA) is 62.0 Å². The SMILES string of the molecule is COCC1CCN(c2nnc(C)c(C)c2C#N)CC1. The van der Waals surface area contributed by atoms with Crippen LogP contribution in [0, 0.1) is 31.1 Å². The van der Waals surface area contributed by atoms with Crippen molar-refractivity contribution in [2.24, 2.45) is 5.92 Å². The molecule has 2 rings (SSSR count). The van der Waals surface area contributed by atoms with E-state index in [1.807, 2.05) is 13.8 Å². The molecule has 0 aliphatic carbocycles. The molecule has 1 aliphatic rings. The number of anilines is 1. The molecule has 0 aromatic carbocycles. The summed E-state index contributed by atoms with van der Waals surface area (Å²) < 4.78 is 5.20. The van der Waals surface area contributed by atoms with Crippen LogP contribution in [-0.2, 0) is 4.74 Å². The molecule has 5 nitrogen and oxygen atoms in total. The normalized spacial score (nSPS) is 16.4. The smallest absolute Gasteiger partial charge is 0.169 e. The molecule has 0 unspecified atom stereocenters. The number of aromatic nitrogens is 2. The van der Waals surface area contributed by atoms with Crippen LogP contribution >= 0.6 is 0 Å². The summed E-state index contributed by atoms with van der Waals surface area (Å²) in [6, 6.07) is 2.27. The van der Waals surface area contributed by atoms with Crippen LogP contribution in [0.1, 0.15) is 29.7 Å². The van der Waals surface area contributed by atoms with Gasteiger partial charge in [-0.25, -0.2) is 0 Å². The van der Waals surface area contributed by atoms with Crippen molar-refractivity contribution in [2.75, 3.05) is 31.7 Å². The minimum Gasteiger partial charge on any atom is -0.384 e. The highest BCUT2D eigenvalue weighted by Crippen LogP contribution is 2.26. The largest absolute Gasteiger partial charge is 0.384 e. The lowest BCUT2D eigenvalue weighted by molar-refractivity contribution is 0.139. The van der Waals surface area contributed by atoms with Gasteiger partial charge in [-0.3, -0.25) is 0 Å². The number of hydrogen-bond acceptors (Lipinski definition) is 5. The van der Waals surface area contributed by atoms with Crippen LogP contribution in [0.25, 0.3) is 0 Å². The van der Waals surface area contributed by atoms with Crippen molar-refractivity contribution in [3.63, 3.8) is 0 Å². The third-order valence-corrected chi connectivity index (χ3v) is 3.86. The first-order valence-electron chi connectivity index (χ1n) is 6.65. The highest BCUT2D eigenvalue weighted by Gasteiger charge is 2.23. The van der Waals surface area contributed by atoms with E-state index >= 15 is 0 Å². The maximum atomic E-state index is 9.33. The molecule has 102 valence electrons. The third-order valence-electron chi connectivity index (χ3n) is 3.86. The molecule has 1 fully saturated rings. The van der Waals surface area contributed by atoms with Crippen LogP contribution in [0.4, 0.5) is 5.82 Å². The summed E-state index contributed by atoms with van der Waals surface area (Å²) >= 11 is 0. The lowest BCUT2D eigenvalue weighted by Gasteiger charge is -2.32. The average molecular weight is 260 g/mol. The van der Waals surface area contributed by atoms with Gasteiger partial charge in [-0.1, -0.05) is 0 Å². The second kappa shape index (κ2) is 5.98. The Morgan fingerprint density at radius 2 is 2.00 bits per heavy atom. The van der Waals surface area contributed by atoms with Gasteiger partial charge >= 0.3 is 0 Å². The van der Waals surface area contributed by atoms with E-state index in [2.05, 4.69) is 21.2 Å². The molecule has 0 bridgehead atoms. The van der Waals surface area contributed by atoms with Gasteiger partial charge in [0, 0.05) is 26.8 Å². The number of ether oxygens (including phenoxy) is 1. The second-order valence-electron chi connectivity index (χ2n) is 5.11. The van der Waals surface area contributed by atoms with Crippen LogP contribution in [0.2, 0.25) is 0 Å². The molecule has 2 heterocycles. The van der Waals surface area contributed by atoms with Crippen LogP contribution in [0.5, 0.6) is 0 Å². The summed E-state index contributed by atoms with van der Waals surface area (Å²) in [5, 5.41) is 17.7. The van der Waals surface area contributed by atoms with E-state index in [-0.39, 0.29) is 0 Å². The highest BCUT2D eigenvalue weighted by atomic mass is 16.5. The zero-order valence-corrected chi connectivity index (χ0v) is 11.8. The van der Waals surface area contributed by atoms with Gasteiger partial charge in [0.2, 0.25) is 0 Å². The van der Waals surface area contributed by atoms with Crippen molar-refractivity contribution in [3.8, 4) is 6.07 Å².